The highest BCUT2D eigenvalue weighted by Crippen LogP contribution is 2.15. The largest absolute Gasteiger partial charge is 0.464 e. The number of nitrogens with two attached hydrogens (primary N) is 1. The molecule has 2 heterocycles. The highest BCUT2D eigenvalue weighted by atomic mass is 79.9. The van der Waals surface area contributed by atoms with E-state index < -0.39 is 5.97 Å². The van der Waals surface area contributed by atoms with Crippen molar-refractivity contribution < 1.29 is 9.53 Å². The van der Waals surface area contributed by atoms with Gasteiger partial charge in [0.15, 0.2) is 0 Å². The first kappa shape index (κ1) is 11.5. The zero-order valence-corrected chi connectivity index (χ0v) is 10.4. The number of hydrogen-bond donors (Lipinski definition) is 1. The molecule has 17 heavy (non-hydrogen) atoms. The summed E-state index contributed by atoms with van der Waals surface area (Å²) in [6.07, 6.45) is 1.48. The van der Waals surface area contributed by atoms with Crippen LogP contribution in [0.1, 0.15) is 10.5 Å². The molecule has 0 aliphatic rings. The van der Waals surface area contributed by atoms with Crippen LogP contribution in [0.4, 0.5) is 5.95 Å². The van der Waals surface area contributed by atoms with E-state index in [0.29, 0.717) is 10.4 Å². The monoisotopic (exact) mass is 297 g/mol. The number of nitrogen functional groups attached to an aromatic ring is 1. The molecule has 0 spiro atoms. The fraction of sp³-hybridized carbons (Fsp3) is 0.111. The molecule has 0 unspecified atom stereocenters. The van der Waals surface area contributed by atoms with Gasteiger partial charge in [-0.2, -0.15) is 4.98 Å². The summed E-state index contributed by atoms with van der Waals surface area (Å²) in [7, 11) is 1.29. The molecule has 0 saturated carbocycles. The maximum absolute atomic E-state index is 11.3. The number of carbonyl (C=O) groups excluding carboxylic acids is 1. The summed E-state index contributed by atoms with van der Waals surface area (Å²) < 4.78 is 6.47. The Balaban J connectivity index is 2.46. The van der Waals surface area contributed by atoms with Crippen LogP contribution in [0.25, 0.3) is 5.69 Å². The lowest BCUT2D eigenvalue weighted by Crippen LogP contribution is -2.06. The van der Waals surface area contributed by atoms with Gasteiger partial charge in [0, 0.05) is 6.20 Å². The number of anilines is 1. The Morgan fingerprint density at radius 2 is 2.35 bits per heavy atom. The molecule has 2 N–H and O–H groups in total. The van der Waals surface area contributed by atoms with Crippen molar-refractivity contribution in [3.8, 4) is 5.69 Å². The SMILES string of the molecule is COC(=O)c1cc(-n2nc(N)nc2Br)ccn1. The van der Waals surface area contributed by atoms with E-state index in [4.69, 9.17) is 5.73 Å². The smallest absolute Gasteiger partial charge is 0.356 e. The van der Waals surface area contributed by atoms with Crippen LogP contribution in [0.5, 0.6) is 0 Å². The number of esters is 1. The zero-order chi connectivity index (χ0) is 12.4. The summed E-state index contributed by atoms with van der Waals surface area (Å²) in [4.78, 5) is 19.1. The molecule has 0 saturated heterocycles. The molecule has 0 bridgehead atoms. The number of ether oxygens (including phenoxy) is 1. The number of rotatable bonds is 2. The first-order valence-corrected chi connectivity index (χ1v) is 5.34. The topological polar surface area (TPSA) is 95.9 Å². The molecule has 0 aromatic carbocycles. The molecule has 0 fully saturated rings. The van der Waals surface area contributed by atoms with Crippen molar-refractivity contribution in [2.24, 2.45) is 0 Å². The van der Waals surface area contributed by atoms with Gasteiger partial charge in [-0.25, -0.2) is 14.5 Å². The highest BCUT2D eigenvalue weighted by molar-refractivity contribution is 9.10. The molecular formula is C9H8BrN5O2. The average molecular weight is 298 g/mol. The van der Waals surface area contributed by atoms with Gasteiger partial charge < -0.3 is 10.5 Å². The molecular weight excluding hydrogens is 290 g/mol. The second-order valence-electron chi connectivity index (χ2n) is 3.04. The standard InChI is InChI=1S/C9H8BrN5O2/c1-17-7(16)6-4-5(2-3-12-6)15-8(10)13-9(11)14-15/h2-4H,1H3,(H2,11,14). The molecule has 0 aliphatic heterocycles. The third kappa shape index (κ3) is 2.26. The quantitative estimate of drug-likeness (QED) is 0.824. The third-order valence-electron chi connectivity index (χ3n) is 1.97. The van der Waals surface area contributed by atoms with Crippen molar-refractivity contribution in [1.82, 2.24) is 19.7 Å². The van der Waals surface area contributed by atoms with E-state index in [0.717, 1.165) is 0 Å². The molecule has 0 radical (unpaired) electrons. The van der Waals surface area contributed by atoms with E-state index in [1.165, 1.54) is 24.1 Å². The molecule has 2 aromatic heterocycles. The normalized spacial score (nSPS) is 10.2. The van der Waals surface area contributed by atoms with Crippen molar-refractivity contribution in [2.45, 2.75) is 0 Å². The molecule has 2 rings (SSSR count). The number of nitrogens with zero attached hydrogens (tertiary/aromatic N) is 4. The lowest BCUT2D eigenvalue weighted by molar-refractivity contribution is 0.0594. The van der Waals surface area contributed by atoms with Crippen LogP contribution in [0, 0.1) is 0 Å². The minimum atomic E-state index is -0.518. The van der Waals surface area contributed by atoms with Crippen LogP contribution in [-0.2, 0) is 4.74 Å². The Labute approximate surface area is 105 Å². The van der Waals surface area contributed by atoms with Crippen molar-refractivity contribution in [1.29, 1.82) is 0 Å². The van der Waals surface area contributed by atoms with Gasteiger partial charge in [0.05, 0.1) is 12.8 Å². The fourth-order valence-electron chi connectivity index (χ4n) is 1.24. The Morgan fingerprint density at radius 1 is 1.59 bits per heavy atom. The van der Waals surface area contributed by atoms with Crippen LogP contribution in [0.2, 0.25) is 0 Å². The maximum atomic E-state index is 11.3. The number of pyridine rings is 1. The van der Waals surface area contributed by atoms with Crippen LogP contribution in [0.3, 0.4) is 0 Å². The Hall–Kier alpha value is -1.96. The lowest BCUT2D eigenvalue weighted by Gasteiger charge is -2.03. The predicted molar refractivity (Wildman–Crippen MR) is 62.6 cm³/mol. The number of aromatic nitrogens is 4. The summed E-state index contributed by atoms with van der Waals surface area (Å²) in [5.74, 6) is -0.385. The van der Waals surface area contributed by atoms with E-state index >= 15 is 0 Å². The first-order valence-electron chi connectivity index (χ1n) is 4.54. The summed E-state index contributed by atoms with van der Waals surface area (Å²) in [5.41, 5.74) is 6.25. The second-order valence-corrected chi connectivity index (χ2v) is 3.75. The number of methoxy groups -OCH3 is 1. The van der Waals surface area contributed by atoms with Crippen molar-refractivity contribution in [3.05, 3.63) is 28.8 Å². The van der Waals surface area contributed by atoms with Gasteiger partial charge in [-0.3, -0.25) is 0 Å². The van der Waals surface area contributed by atoms with Gasteiger partial charge in [-0.15, -0.1) is 5.10 Å². The summed E-state index contributed by atoms with van der Waals surface area (Å²) in [5, 5.41) is 3.96. The van der Waals surface area contributed by atoms with Crippen LogP contribution < -0.4 is 5.73 Å². The van der Waals surface area contributed by atoms with Gasteiger partial charge in [0.2, 0.25) is 10.7 Å². The third-order valence-corrected chi connectivity index (χ3v) is 2.48. The fourth-order valence-corrected chi connectivity index (χ4v) is 1.71. The van der Waals surface area contributed by atoms with Crippen molar-refractivity contribution in [2.75, 3.05) is 12.8 Å². The minimum Gasteiger partial charge on any atom is -0.464 e. The van der Waals surface area contributed by atoms with E-state index in [1.54, 1.807) is 6.07 Å². The summed E-state index contributed by atoms with van der Waals surface area (Å²) in [6.45, 7) is 0. The van der Waals surface area contributed by atoms with Gasteiger partial charge in [0.25, 0.3) is 0 Å². The van der Waals surface area contributed by atoms with Gasteiger partial charge in [-0.1, -0.05) is 0 Å². The zero-order valence-electron chi connectivity index (χ0n) is 8.79. The maximum Gasteiger partial charge on any atom is 0.356 e. The second kappa shape index (κ2) is 4.50. The Morgan fingerprint density at radius 3 is 2.94 bits per heavy atom. The highest BCUT2D eigenvalue weighted by Gasteiger charge is 2.11. The molecule has 8 heteroatoms. The molecule has 88 valence electrons. The van der Waals surface area contributed by atoms with Crippen molar-refractivity contribution >= 4 is 27.8 Å². The molecule has 0 atom stereocenters. The van der Waals surface area contributed by atoms with Crippen LogP contribution in [-0.4, -0.2) is 32.8 Å². The van der Waals surface area contributed by atoms with Gasteiger partial charge >= 0.3 is 5.97 Å². The number of carbonyl (C=O) groups is 1. The average Bonchev–Trinajstić information content (AvgIpc) is 2.67. The molecule has 0 amide bonds. The predicted octanol–water partition coefficient (Wildman–Crippen LogP) is 0.794. The van der Waals surface area contributed by atoms with Gasteiger partial charge in [-0.05, 0) is 28.1 Å². The Bertz CT molecular complexity index is 568. The number of hydrogen-bond acceptors (Lipinski definition) is 6. The molecule has 0 aliphatic carbocycles. The van der Waals surface area contributed by atoms with E-state index in [9.17, 15) is 4.79 Å². The minimum absolute atomic E-state index is 0.133. The Kier molecular flexibility index (Phi) is 3.05. The summed E-state index contributed by atoms with van der Waals surface area (Å²) >= 11 is 3.21. The van der Waals surface area contributed by atoms with Crippen LogP contribution in [0.15, 0.2) is 23.1 Å². The van der Waals surface area contributed by atoms with E-state index in [2.05, 4.69) is 35.7 Å². The van der Waals surface area contributed by atoms with E-state index in [-0.39, 0.29) is 11.6 Å². The molecule has 7 nitrogen and oxygen atoms in total. The van der Waals surface area contributed by atoms with Crippen LogP contribution >= 0.6 is 15.9 Å². The van der Waals surface area contributed by atoms with Gasteiger partial charge in [0.1, 0.15) is 5.69 Å². The first-order chi connectivity index (χ1) is 8.11. The summed E-state index contributed by atoms with van der Waals surface area (Å²) in [6, 6.07) is 3.20. The molecule has 2 aromatic rings. The lowest BCUT2D eigenvalue weighted by atomic mass is 10.3. The number of halogens is 1. The van der Waals surface area contributed by atoms with E-state index in [1.807, 2.05) is 0 Å². The van der Waals surface area contributed by atoms with Crippen molar-refractivity contribution in [3.63, 3.8) is 0 Å².